The lowest BCUT2D eigenvalue weighted by Gasteiger charge is -2.10. The number of methoxy groups -OCH3 is 1. The molecule has 1 aromatic rings. The molecule has 0 saturated heterocycles. The van der Waals surface area contributed by atoms with Crippen LogP contribution in [0.2, 0.25) is 0 Å². The second-order valence-electron chi connectivity index (χ2n) is 4.07. The van der Waals surface area contributed by atoms with E-state index in [0.29, 0.717) is 24.8 Å². The molecule has 0 unspecified atom stereocenters. The summed E-state index contributed by atoms with van der Waals surface area (Å²) in [6.07, 6.45) is 0. The van der Waals surface area contributed by atoms with Gasteiger partial charge in [0.1, 0.15) is 0 Å². The molecule has 18 heavy (non-hydrogen) atoms. The van der Waals surface area contributed by atoms with Crippen molar-refractivity contribution < 1.29 is 4.74 Å². The Hall–Kier alpha value is -1.14. The van der Waals surface area contributed by atoms with Crippen molar-refractivity contribution in [3.63, 3.8) is 0 Å². The molecule has 5 nitrogen and oxygen atoms in total. The van der Waals surface area contributed by atoms with E-state index in [1.54, 1.807) is 7.11 Å². The summed E-state index contributed by atoms with van der Waals surface area (Å²) in [6, 6.07) is 0. The first kappa shape index (κ1) is 14.9. The van der Waals surface area contributed by atoms with Crippen LogP contribution in [0.1, 0.15) is 23.9 Å². The number of rotatable bonds is 6. The molecule has 0 saturated carbocycles. The van der Waals surface area contributed by atoms with Crippen LogP contribution in [0.5, 0.6) is 0 Å². The Morgan fingerprint density at radius 1 is 1.39 bits per heavy atom. The van der Waals surface area contributed by atoms with Crippen LogP contribution >= 0.6 is 12.2 Å². The summed E-state index contributed by atoms with van der Waals surface area (Å²) < 4.78 is 6.96. The van der Waals surface area contributed by atoms with Crippen LogP contribution in [0.4, 0.5) is 0 Å². The third-order valence-corrected chi connectivity index (χ3v) is 3.14. The Bertz CT molecular complexity index is 403. The molecule has 1 rings (SSSR count). The molecule has 102 valence electrons. The molecule has 0 atom stereocenters. The lowest BCUT2D eigenvalue weighted by molar-refractivity contribution is 0.204. The standard InChI is InChI=1S/C12H22N4OS/c1-5-16-10(3)11(9(2)15-16)8-14-12(18)13-6-7-17-4/h5-8H2,1-4H3,(H2,13,14,18). The summed E-state index contributed by atoms with van der Waals surface area (Å²) >= 11 is 5.18. The summed E-state index contributed by atoms with van der Waals surface area (Å²) in [5, 5.41) is 11.4. The van der Waals surface area contributed by atoms with Crippen molar-refractivity contribution in [1.29, 1.82) is 0 Å². The van der Waals surface area contributed by atoms with E-state index < -0.39 is 0 Å². The fourth-order valence-corrected chi connectivity index (χ4v) is 1.97. The van der Waals surface area contributed by atoms with Gasteiger partial charge in [-0.3, -0.25) is 4.68 Å². The molecule has 0 fully saturated rings. The molecule has 0 amide bonds. The molecule has 2 N–H and O–H groups in total. The molecule has 0 aliphatic carbocycles. The molecule has 6 heteroatoms. The maximum atomic E-state index is 5.18. The minimum absolute atomic E-state index is 0.646. The largest absolute Gasteiger partial charge is 0.383 e. The second kappa shape index (κ2) is 7.33. The molecule has 1 heterocycles. The molecule has 0 radical (unpaired) electrons. The number of nitrogens with zero attached hydrogens (tertiary/aromatic N) is 2. The van der Waals surface area contributed by atoms with Crippen molar-refractivity contribution in [3.05, 3.63) is 17.0 Å². The first-order valence-electron chi connectivity index (χ1n) is 6.13. The first-order chi connectivity index (χ1) is 8.60. The molecule has 0 spiro atoms. The zero-order valence-corrected chi connectivity index (χ0v) is 12.4. The first-order valence-corrected chi connectivity index (χ1v) is 6.54. The van der Waals surface area contributed by atoms with Gasteiger partial charge in [-0.1, -0.05) is 0 Å². The van der Waals surface area contributed by atoms with E-state index in [-0.39, 0.29) is 0 Å². The van der Waals surface area contributed by atoms with E-state index in [1.165, 1.54) is 11.3 Å². The molecule has 0 aromatic carbocycles. The summed E-state index contributed by atoms with van der Waals surface area (Å²) in [6.45, 7) is 9.16. The highest BCUT2D eigenvalue weighted by Gasteiger charge is 2.10. The van der Waals surface area contributed by atoms with Crippen LogP contribution < -0.4 is 10.6 Å². The van der Waals surface area contributed by atoms with Gasteiger partial charge in [-0.25, -0.2) is 0 Å². The van der Waals surface area contributed by atoms with E-state index in [0.717, 1.165) is 12.2 Å². The van der Waals surface area contributed by atoms with E-state index in [1.807, 2.05) is 11.6 Å². The topological polar surface area (TPSA) is 51.1 Å². The number of hydrogen-bond donors (Lipinski definition) is 2. The number of nitrogens with one attached hydrogen (secondary N) is 2. The van der Waals surface area contributed by atoms with Gasteiger partial charge in [-0.15, -0.1) is 0 Å². The van der Waals surface area contributed by atoms with Crippen LogP contribution in [-0.2, 0) is 17.8 Å². The van der Waals surface area contributed by atoms with Gasteiger partial charge in [0, 0.05) is 38.0 Å². The van der Waals surface area contributed by atoms with Crippen molar-refractivity contribution in [2.45, 2.75) is 33.9 Å². The number of thiocarbonyl (C=S) groups is 1. The number of aryl methyl sites for hydroxylation is 2. The lowest BCUT2D eigenvalue weighted by atomic mass is 10.2. The molecule has 0 aliphatic rings. The van der Waals surface area contributed by atoms with E-state index >= 15 is 0 Å². The van der Waals surface area contributed by atoms with Gasteiger partial charge < -0.3 is 15.4 Å². The molecule has 1 aromatic heterocycles. The highest BCUT2D eigenvalue weighted by atomic mass is 32.1. The van der Waals surface area contributed by atoms with Crippen molar-refractivity contribution >= 4 is 17.3 Å². The number of ether oxygens (including phenoxy) is 1. The highest BCUT2D eigenvalue weighted by Crippen LogP contribution is 2.12. The summed E-state index contributed by atoms with van der Waals surface area (Å²) in [5.41, 5.74) is 3.47. The predicted octanol–water partition coefficient (Wildman–Crippen LogP) is 1.13. The third kappa shape index (κ3) is 3.96. The quantitative estimate of drug-likeness (QED) is 0.599. The number of hydrogen-bond acceptors (Lipinski definition) is 3. The van der Waals surface area contributed by atoms with Gasteiger partial charge in [0.25, 0.3) is 0 Å². The highest BCUT2D eigenvalue weighted by molar-refractivity contribution is 7.80. The zero-order chi connectivity index (χ0) is 13.5. The smallest absolute Gasteiger partial charge is 0.166 e. The van der Waals surface area contributed by atoms with E-state index in [2.05, 4.69) is 29.6 Å². The van der Waals surface area contributed by atoms with Gasteiger partial charge in [0.05, 0.1) is 12.3 Å². The van der Waals surface area contributed by atoms with E-state index in [9.17, 15) is 0 Å². The normalized spacial score (nSPS) is 10.4. The Labute approximate surface area is 114 Å². The maximum Gasteiger partial charge on any atom is 0.166 e. The Kier molecular flexibility index (Phi) is 6.07. The molecule has 0 aliphatic heterocycles. The summed E-state index contributed by atoms with van der Waals surface area (Å²) in [5.74, 6) is 0. The van der Waals surface area contributed by atoms with Gasteiger partial charge in [0.15, 0.2) is 5.11 Å². The van der Waals surface area contributed by atoms with Crippen molar-refractivity contribution in [3.8, 4) is 0 Å². The molecular weight excluding hydrogens is 248 g/mol. The van der Waals surface area contributed by atoms with Gasteiger partial charge >= 0.3 is 0 Å². The van der Waals surface area contributed by atoms with Gasteiger partial charge in [-0.2, -0.15) is 5.10 Å². The van der Waals surface area contributed by atoms with Crippen molar-refractivity contribution in [2.24, 2.45) is 0 Å². The fraction of sp³-hybridized carbons (Fsp3) is 0.667. The van der Waals surface area contributed by atoms with Crippen LogP contribution in [0.3, 0.4) is 0 Å². The summed E-state index contributed by atoms with van der Waals surface area (Å²) in [4.78, 5) is 0. The SMILES string of the molecule is CCn1nc(C)c(CNC(=S)NCCOC)c1C. The molecular formula is C12H22N4OS. The predicted molar refractivity (Wildman–Crippen MR) is 76.7 cm³/mol. The monoisotopic (exact) mass is 270 g/mol. The fourth-order valence-electron chi connectivity index (χ4n) is 1.80. The Morgan fingerprint density at radius 2 is 2.11 bits per heavy atom. The molecule has 0 bridgehead atoms. The van der Waals surface area contributed by atoms with Gasteiger partial charge in [0.2, 0.25) is 0 Å². The van der Waals surface area contributed by atoms with Crippen LogP contribution in [0, 0.1) is 13.8 Å². The van der Waals surface area contributed by atoms with Crippen molar-refractivity contribution in [1.82, 2.24) is 20.4 Å². The average Bonchev–Trinajstić information content (AvgIpc) is 2.62. The maximum absolute atomic E-state index is 5.18. The number of aromatic nitrogens is 2. The summed E-state index contributed by atoms with van der Waals surface area (Å²) in [7, 11) is 1.67. The lowest BCUT2D eigenvalue weighted by Crippen LogP contribution is -2.36. The van der Waals surface area contributed by atoms with E-state index in [4.69, 9.17) is 17.0 Å². The van der Waals surface area contributed by atoms with Crippen LogP contribution in [0.25, 0.3) is 0 Å². The zero-order valence-electron chi connectivity index (χ0n) is 11.5. The second-order valence-corrected chi connectivity index (χ2v) is 4.48. The minimum atomic E-state index is 0.646. The Morgan fingerprint density at radius 3 is 2.67 bits per heavy atom. The Balaban J connectivity index is 2.48. The van der Waals surface area contributed by atoms with Crippen LogP contribution in [-0.4, -0.2) is 35.2 Å². The third-order valence-electron chi connectivity index (χ3n) is 2.85. The van der Waals surface area contributed by atoms with Crippen LogP contribution in [0.15, 0.2) is 0 Å². The average molecular weight is 270 g/mol. The van der Waals surface area contributed by atoms with Gasteiger partial charge in [-0.05, 0) is 33.0 Å². The minimum Gasteiger partial charge on any atom is -0.383 e. The van der Waals surface area contributed by atoms with Crippen molar-refractivity contribution in [2.75, 3.05) is 20.3 Å².